The lowest BCUT2D eigenvalue weighted by atomic mass is 10.1. The van der Waals surface area contributed by atoms with Gasteiger partial charge in [0.2, 0.25) is 5.91 Å². The van der Waals surface area contributed by atoms with Crippen molar-refractivity contribution < 1.29 is 9.59 Å². The van der Waals surface area contributed by atoms with Crippen molar-refractivity contribution in [3.8, 4) is 0 Å². The number of hydrogen-bond donors (Lipinski definition) is 2. The summed E-state index contributed by atoms with van der Waals surface area (Å²) in [7, 11) is 0. The Morgan fingerprint density at radius 1 is 1.44 bits per heavy atom. The highest BCUT2D eigenvalue weighted by Crippen LogP contribution is 2.17. The molecule has 2 N–H and O–H groups in total. The third-order valence-electron chi connectivity index (χ3n) is 2.83. The predicted molar refractivity (Wildman–Crippen MR) is 68.4 cm³/mol. The van der Waals surface area contributed by atoms with Crippen LogP contribution in [0, 0.1) is 6.92 Å². The first-order chi connectivity index (χ1) is 8.50. The summed E-state index contributed by atoms with van der Waals surface area (Å²) in [6.07, 6.45) is 1.50. The number of piperazine rings is 1. The SMILES string of the molecule is Cc1c(Br)c[nH]c(=O)c1C(=O)N1CCNC(=O)C1. The number of amides is 2. The third kappa shape index (κ3) is 2.31. The molecule has 0 radical (unpaired) electrons. The van der Waals surface area contributed by atoms with Gasteiger partial charge in [-0.2, -0.15) is 0 Å². The summed E-state index contributed by atoms with van der Waals surface area (Å²) < 4.78 is 0.659. The van der Waals surface area contributed by atoms with Gasteiger partial charge in [-0.05, 0) is 28.4 Å². The first-order valence-electron chi connectivity index (χ1n) is 5.44. The second kappa shape index (κ2) is 4.93. The van der Waals surface area contributed by atoms with Gasteiger partial charge in [-0.15, -0.1) is 0 Å². The van der Waals surface area contributed by atoms with Crippen LogP contribution in [0.4, 0.5) is 0 Å². The number of pyridine rings is 1. The zero-order valence-corrected chi connectivity index (χ0v) is 11.3. The van der Waals surface area contributed by atoms with Crippen molar-refractivity contribution in [1.29, 1.82) is 0 Å². The molecule has 1 fully saturated rings. The summed E-state index contributed by atoms with van der Waals surface area (Å²) in [5, 5.41) is 2.63. The number of carbonyl (C=O) groups is 2. The van der Waals surface area contributed by atoms with Crippen molar-refractivity contribution in [2.75, 3.05) is 19.6 Å². The van der Waals surface area contributed by atoms with Crippen LogP contribution in [-0.2, 0) is 4.79 Å². The Hall–Kier alpha value is -1.63. The Labute approximate surface area is 111 Å². The lowest BCUT2D eigenvalue weighted by Crippen LogP contribution is -2.51. The van der Waals surface area contributed by atoms with Crippen LogP contribution in [0.25, 0.3) is 0 Å². The smallest absolute Gasteiger partial charge is 0.261 e. The molecule has 0 bridgehead atoms. The van der Waals surface area contributed by atoms with E-state index >= 15 is 0 Å². The van der Waals surface area contributed by atoms with Crippen LogP contribution >= 0.6 is 15.9 Å². The van der Waals surface area contributed by atoms with Crippen LogP contribution in [0.5, 0.6) is 0 Å². The minimum absolute atomic E-state index is 0.00970. The molecular formula is C11H12BrN3O3. The van der Waals surface area contributed by atoms with Crippen molar-refractivity contribution >= 4 is 27.7 Å². The molecule has 0 aliphatic carbocycles. The maximum atomic E-state index is 12.2. The number of nitrogens with one attached hydrogen (secondary N) is 2. The lowest BCUT2D eigenvalue weighted by molar-refractivity contribution is -0.123. The molecule has 2 amide bonds. The van der Waals surface area contributed by atoms with Crippen molar-refractivity contribution in [3.05, 3.63) is 32.2 Å². The predicted octanol–water partition coefficient (Wildman–Crippen LogP) is 0.0178. The van der Waals surface area contributed by atoms with Crippen molar-refractivity contribution in [3.63, 3.8) is 0 Å². The van der Waals surface area contributed by atoms with E-state index in [0.717, 1.165) is 0 Å². The number of rotatable bonds is 1. The zero-order valence-electron chi connectivity index (χ0n) is 9.75. The molecule has 1 saturated heterocycles. The van der Waals surface area contributed by atoms with Gasteiger partial charge in [0.1, 0.15) is 5.56 Å². The first-order valence-corrected chi connectivity index (χ1v) is 6.23. The third-order valence-corrected chi connectivity index (χ3v) is 3.65. The van der Waals surface area contributed by atoms with Crippen LogP contribution in [0.1, 0.15) is 15.9 Å². The quantitative estimate of drug-likeness (QED) is 0.766. The highest BCUT2D eigenvalue weighted by molar-refractivity contribution is 9.10. The van der Waals surface area contributed by atoms with Gasteiger partial charge in [0.15, 0.2) is 0 Å². The second-order valence-electron chi connectivity index (χ2n) is 4.04. The number of aromatic nitrogens is 1. The maximum absolute atomic E-state index is 12.2. The van der Waals surface area contributed by atoms with Gasteiger partial charge >= 0.3 is 0 Å². The number of halogens is 1. The molecule has 6 nitrogen and oxygen atoms in total. The Kier molecular flexibility index (Phi) is 3.51. The average molecular weight is 314 g/mol. The van der Waals surface area contributed by atoms with Crippen LogP contribution in [0.15, 0.2) is 15.5 Å². The Morgan fingerprint density at radius 3 is 2.83 bits per heavy atom. The fraction of sp³-hybridized carbons (Fsp3) is 0.364. The Balaban J connectivity index is 2.37. The number of H-pyrrole nitrogens is 1. The topological polar surface area (TPSA) is 82.3 Å². The van der Waals surface area contributed by atoms with E-state index in [1.54, 1.807) is 6.92 Å². The molecule has 1 aromatic heterocycles. The van der Waals surface area contributed by atoms with E-state index in [0.29, 0.717) is 23.1 Å². The van der Waals surface area contributed by atoms with Crippen LogP contribution < -0.4 is 10.9 Å². The van der Waals surface area contributed by atoms with Gasteiger partial charge in [-0.25, -0.2) is 0 Å². The van der Waals surface area contributed by atoms with E-state index < -0.39 is 11.5 Å². The molecule has 1 aliphatic rings. The molecular weight excluding hydrogens is 302 g/mol. The molecule has 0 unspecified atom stereocenters. The number of carbonyl (C=O) groups excluding carboxylic acids is 2. The van der Waals surface area contributed by atoms with Gasteiger partial charge in [0.05, 0.1) is 6.54 Å². The minimum atomic E-state index is -0.438. The molecule has 18 heavy (non-hydrogen) atoms. The molecule has 1 aromatic rings. The summed E-state index contributed by atoms with van der Waals surface area (Å²) in [6.45, 7) is 2.51. The van der Waals surface area contributed by atoms with E-state index in [9.17, 15) is 14.4 Å². The fourth-order valence-corrected chi connectivity index (χ4v) is 2.14. The van der Waals surface area contributed by atoms with Crippen molar-refractivity contribution in [2.24, 2.45) is 0 Å². The fourth-order valence-electron chi connectivity index (χ4n) is 1.83. The van der Waals surface area contributed by atoms with Gasteiger partial charge in [0.25, 0.3) is 11.5 Å². The van der Waals surface area contributed by atoms with Gasteiger partial charge in [0, 0.05) is 23.8 Å². The minimum Gasteiger partial charge on any atom is -0.353 e. The average Bonchev–Trinajstić information content (AvgIpc) is 2.34. The number of aromatic amines is 1. The Bertz CT molecular complexity index is 567. The largest absolute Gasteiger partial charge is 0.353 e. The monoisotopic (exact) mass is 313 g/mol. The van der Waals surface area contributed by atoms with E-state index in [2.05, 4.69) is 26.2 Å². The van der Waals surface area contributed by atoms with E-state index in [1.807, 2.05) is 0 Å². The van der Waals surface area contributed by atoms with Gasteiger partial charge in [-0.3, -0.25) is 14.4 Å². The number of hydrogen-bond acceptors (Lipinski definition) is 3. The number of nitrogens with zero attached hydrogens (tertiary/aromatic N) is 1. The summed E-state index contributed by atoms with van der Waals surface area (Å²) in [5.74, 6) is -0.622. The molecule has 7 heteroatoms. The Morgan fingerprint density at radius 2 is 2.17 bits per heavy atom. The maximum Gasteiger partial charge on any atom is 0.261 e. The van der Waals surface area contributed by atoms with E-state index in [-0.39, 0.29) is 18.0 Å². The highest BCUT2D eigenvalue weighted by Gasteiger charge is 2.26. The molecule has 2 rings (SSSR count). The van der Waals surface area contributed by atoms with Gasteiger partial charge in [-0.1, -0.05) is 0 Å². The van der Waals surface area contributed by atoms with Crippen molar-refractivity contribution in [2.45, 2.75) is 6.92 Å². The molecule has 96 valence electrons. The summed E-state index contributed by atoms with van der Waals surface area (Å²) in [5.41, 5.74) is 0.223. The van der Waals surface area contributed by atoms with Crippen LogP contribution in [0.3, 0.4) is 0 Å². The summed E-state index contributed by atoms with van der Waals surface area (Å²) in [4.78, 5) is 39.1. The van der Waals surface area contributed by atoms with Crippen LogP contribution in [0.2, 0.25) is 0 Å². The highest BCUT2D eigenvalue weighted by atomic mass is 79.9. The molecule has 0 saturated carbocycles. The molecule has 2 heterocycles. The lowest BCUT2D eigenvalue weighted by Gasteiger charge is -2.26. The molecule has 0 aromatic carbocycles. The van der Waals surface area contributed by atoms with Crippen LogP contribution in [-0.4, -0.2) is 41.3 Å². The molecule has 0 atom stereocenters. The molecule has 1 aliphatic heterocycles. The van der Waals surface area contributed by atoms with E-state index in [4.69, 9.17) is 0 Å². The van der Waals surface area contributed by atoms with Crippen molar-refractivity contribution in [1.82, 2.24) is 15.2 Å². The first kappa shape index (κ1) is 12.8. The summed E-state index contributed by atoms with van der Waals surface area (Å²) >= 11 is 3.26. The molecule has 0 spiro atoms. The second-order valence-corrected chi connectivity index (χ2v) is 4.90. The summed E-state index contributed by atoms with van der Waals surface area (Å²) in [6, 6.07) is 0. The standard InChI is InChI=1S/C11H12BrN3O3/c1-6-7(12)4-14-10(17)9(6)11(18)15-3-2-13-8(16)5-15/h4H,2-3,5H2,1H3,(H,13,16)(H,14,17). The van der Waals surface area contributed by atoms with E-state index in [1.165, 1.54) is 11.1 Å². The zero-order chi connectivity index (χ0) is 13.3. The van der Waals surface area contributed by atoms with Gasteiger partial charge < -0.3 is 15.2 Å². The normalized spacial score (nSPS) is 15.4.